The van der Waals surface area contributed by atoms with Gasteiger partial charge in [-0.1, -0.05) is 6.07 Å². The molecule has 0 bridgehead atoms. The summed E-state index contributed by atoms with van der Waals surface area (Å²) in [6, 6.07) is 5.40. The van der Waals surface area contributed by atoms with Crippen LogP contribution in [-0.4, -0.2) is 19.7 Å². The fourth-order valence-corrected chi connectivity index (χ4v) is 1.84. The van der Waals surface area contributed by atoms with Crippen molar-refractivity contribution >= 4 is 22.7 Å². The van der Waals surface area contributed by atoms with Crippen LogP contribution in [0.25, 0.3) is 0 Å². The highest BCUT2D eigenvalue weighted by molar-refractivity contribution is 5.66. The summed E-state index contributed by atoms with van der Waals surface area (Å²) in [5.74, 6) is -1.16. The van der Waals surface area contributed by atoms with Crippen molar-refractivity contribution in [2.75, 3.05) is 0 Å². The molecule has 25 heavy (non-hydrogen) atoms. The lowest BCUT2D eigenvalue weighted by Gasteiger charge is -2.07. The molecule has 2 aromatic rings. The van der Waals surface area contributed by atoms with Crippen molar-refractivity contribution in [2.45, 2.75) is 0 Å². The molecular formula is C12H6N4O9. The van der Waals surface area contributed by atoms with Crippen molar-refractivity contribution < 1.29 is 24.4 Å². The summed E-state index contributed by atoms with van der Waals surface area (Å²) in [7, 11) is 0. The van der Waals surface area contributed by atoms with Gasteiger partial charge in [0.1, 0.15) is 5.75 Å². The third-order valence-corrected chi connectivity index (χ3v) is 2.89. The summed E-state index contributed by atoms with van der Waals surface area (Å²) in [6.45, 7) is 0. The maximum absolute atomic E-state index is 11.1. The van der Waals surface area contributed by atoms with Crippen LogP contribution in [0.15, 0.2) is 36.4 Å². The maximum Gasteiger partial charge on any atom is 0.325 e. The van der Waals surface area contributed by atoms with Crippen LogP contribution in [0.3, 0.4) is 0 Å². The van der Waals surface area contributed by atoms with Gasteiger partial charge in [0.25, 0.3) is 17.1 Å². The van der Waals surface area contributed by atoms with Gasteiger partial charge in [0.15, 0.2) is 0 Å². The Kier molecular flexibility index (Phi) is 4.49. The van der Waals surface area contributed by atoms with E-state index in [0.29, 0.717) is 12.1 Å². The fourth-order valence-electron chi connectivity index (χ4n) is 1.84. The van der Waals surface area contributed by atoms with Gasteiger partial charge in [-0.05, 0) is 6.07 Å². The first-order valence-corrected chi connectivity index (χ1v) is 6.24. The standard InChI is InChI=1S/C12H6N4O9/c17-13(18)7-2-1-3-9(4-7)25-12-10(15(21)22)5-8(14(19)20)6-11(12)16(23)24/h1-6H. The smallest absolute Gasteiger partial charge is 0.325 e. The number of nitro benzene ring substituents is 4. The highest BCUT2D eigenvalue weighted by Gasteiger charge is 2.32. The molecule has 2 rings (SSSR count). The predicted molar refractivity (Wildman–Crippen MR) is 79.6 cm³/mol. The molecule has 13 nitrogen and oxygen atoms in total. The average Bonchev–Trinajstić information content (AvgIpc) is 2.54. The number of nitro groups is 4. The molecule has 0 saturated carbocycles. The third-order valence-electron chi connectivity index (χ3n) is 2.89. The van der Waals surface area contributed by atoms with Crippen LogP contribution in [0, 0.1) is 40.5 Å². The van der Waals surface area contributed by atoms with Crippen LogP contribution in [-0.2, 0) is 0 Å². The molecule has 0 aliphatic rings. The van der Waals surface area contributed by atoms with Gasteiger partial charge in [-0.15, -0.1) is 0 Å². The summed E-state index contributed by atoms with van der Waals surface area (Å²) in [4.78, 5) is 39.8. The SMILES string of the molecule is O=[N+]([O-])c1cccc(Oc2c([N+](=O)[O-])cc([N+](=O)[O-])cc2[N+](=O)[O-])c1. The molecule has 0 unspecified atom stereocenters. The molecule has 0 heterocycles. The van der Waals surface area contributed by atoms with E-state index < -0.39 is 48.2 Å². The van der Waals surface area contributed by atoms with Crippen LogP contribution >= 0.6 is 0 Å². The molecule has 128 valence electrons. The van der Waals surface area contributed by atoms with Crippen molar-refractivity contribution in [3.8, 4) is 11.5 Å². The number of non-ortho nitro benzene ring substituents is 2. The molecule has 0 aromatic heterocycles. The number of ether oxygens (including phenoxy) is 1. The van der Waals surface area contributed by atoms with E-state index in [1.165, 1.54) is 12.1 Å². The van der Waals surface area contributed by atoms with E-state index in [1.807, 2.05) is 0 Å². The van der Waals surface area contributed by atoms with Crippen molar-refractivity contribution in [2.24, 2.45) is 0 Å². The van der Waals surface area contributed by atoms with Gasteiger partial charge in [0, 0.05) is 6.07 Å². The second-order valence-electron chi connectivity index (χ2n) is 4.44. The Morgan fingerprint density at radius 3 is 1.64 bits per heavy atom. The molecule has 0 fully saturated rings. The fraction of sp³-hybridized carbons (Fsp3) is 0. The summed E-state index contributed by atoms with van der Waals surface area (Å²) < 4.78 is 5.08. The van der Waals surface area contributed by atoms with Crippen LogP contribution in [0.1, 0.15) is 0 Å². The number of benzene rings is 2. The number of nitrogens with zero attached hydrogens (tertiary/aromatic N) is 4. The third kappa shape index (κ3) is 3.61. The Hall–Kier alpha value is -4.16. The topological polar surface area (TPSA) is 182 Å². The van der Waals surface area contributed by atoms with Gasteiger partial charge in [-0.3, -0.25) is 40.5 Å². The molecule has 0 amide bonds. The summed E-state index contributed by atoms with van der Waals surface area (Å²) in [5.41, 5.74) is -3.32. The zero-order valence-corrected chi connectivity index (χ0v) is 11.9. The minimum atomic E-state index is -1.09. The first kappa shape index (κ1) is 17.2. The first-order chi connectivity index (χ1) is 11.7. The molecule has 0 saturated heterocycles. The molecule has 0 aliphatic carbocycles. The Morgan fingerprint density at radius 1 is 0.680 bits per heavy atom. The van der Waals surface area contributed by atoms with E-state index in [-0.39, 0.29) is 5.75 Å². The van der Waals surface area contributed by atoms with E-state index in [1.54, 1.807) is 0 Å². The van der Waals surface area contributed by atoms with Crippen LogP contribution in [0.2, 0.25) is 0 Å². The second kappa shape index (κ2) is 6.53. The normalized spacial score (nSPS) is 10.1. The minimum Gasteiger partial charge on any atom is -0.444 e. The lowest BCUT2D eigenvalue weighted by atomic mass is 10.2. The van der Waals surface area contributed by atoms with E-state index >= 15 is 0 Å². The van der Waals surface area contributed by atoms with Gasteiger partial charge in [-0.2, -0.15) is 0 Å². The van der Waals surface area contributed by atoms with E-state index in [2.05, 4.69) is 0 Å². The average molecular weight is 350 g/mol. The van der Waals surface area contributed by atoms with E-state index in [4.69, 9.17) is 4.74 Å². The molecular weight excluding hydrogens is 344 g/mol. The van der Waals surface area contributed by atoms with E-state index in [0.717, 1.165) is 12.1 Å². The summed E-state index contributed by atoms with van der Waals surface area (Å²) in [6.07, 6.45) is 0. The lowest BCUT2D eigenvalue weighted by molar-refractivity contribution is -0.404. The molecule has 0 radical (unpaired) electrons. The van der Waals surface area contributed by atoms with Crippen LogP contribution in [0.5, 0.6) is 11.5 Å². The van der Waals surface area contributed by atoms with E-state index in [9.17, 15) is 40.5 Å². The van der Waals surface area contributed by atoms with Crippen molar-refractivity contribution in [3.63, 3.8) is 0 Å². The number of hydrogen-bond acceptors (Lipinski definition) is 9. The van der Waals surface area contributed by atoms with Crippen molar-refractivity contribution in [1.82, 2.24) is 0 Å². The zero-order chi connectivity index (χ0) is 18.7. The molecule has 0 spiro atoms. The Bertz CT molecular complexity index is 876. The first-order valence-electron chi connectivity index (χ1n) is 6.24. The van der Waals surface area contributed by atoms with Crippen molar-refractivity contribution in [3.05, 3.63) is 76.9 Å². The number of rotatable bonds is 6. The largest absolute Gasteiger partial charge is 0.444 e. The minimum absolute atomic E-state index is 0.283. The zero-order valence-electron chi connectivity index (χ0n) is 11.9. The quantitative estimate of drug-likeness (QED) is 0.558. The highest BCUT2D eigenvalue weighted by atomic mass is 16.6. The van der Waals surface area contributed by atoms with Crippen molar-refractivity contribution in [1.29, 1.82) is 0 Å². The molecule has 0 atom stereocenters. The van der Waals surface area contributed by atoms with Gasteiger partial charge >= 0.3 is 11.4 Å². The number of hydrogen-bond donors (Lipinski definition) is 0. The van der Waals surface area contributed by atoms with Gasteiger partial charge in [-0.25, -0.2) is 0 Å². The second-order valence-corrected chi connectivity index (χ2v) is 4.44. The summed E-state index contributed by atoms with van der Waals surface area (Å²) in [5, 5.41) is 43.7. The van der Waals surface area contributed by atoms with Gasteiger partial charge in [0.2, 0.25) is 0 Å². The lowest BCUT2D eigenvalue weighted by Crippen LogP contribution is -2.01. The summed E-state index contributed by atoms with van der Waals surface area (Å²) >= 11 is 0. The van der Waals surface area contributed by atoms with Gasteiger partial charge in [0.05, 0.1) is 37.9 Å². The maximum atomic E-state index is 11.1. The predicted octanol–water partition coefficient (Wildman–Crippen LogP) is 3.11. The Balaban J connectivity index is 2.64. The monoisotopic (exact) mass is 350 g/mol. The molecule has 0 N–H and O–H groups in total. The molecule has 0 aliphatic heterocycles. The Morgan fingerprint density at radius 2 is 1.20 bits per heavy atom. The molecule has 2 aromatic carbocycles. The van der Waals surface area contributed by atoms with Gasteiger partial charge < -0.3 is 4.74 Å². The van der Waals surface area contributed by atoms with Crippen LogP contribution < -0.4 is 4.74 Å². The van der Waals surface area contributed by atoms with Crippen LogP contribution in [0.4, 0.5) is 22.7 Å². The molecule has 13 heteroatoms. The Labute approximate surface area is 136 Å². The highest BCUT2D eigenvalue weighted by Crippen LogP contribution is 2.43.